The summed E-state index contributed by atoms with van der Waals surface area (Å²) in [6.45, 7) is 6.04. The summed E-state index contributed by atoms with van der Waals surface area (Å²) < 4.78 is 7.29. The highest BCUT2D eigenvalue weighted by molar-refractivity contribution is 7.09. The highest BCUT2D eigenvalue weighted by atomic mass is 32.1. The predicted octanol–water partition coefficient (Wildman–Crippen LogP) is 1.25. The summed E-state index contributed by atoms with van der Waals surface area (Å²) in [7, 11) is 1.72. The van der Waals surface area contributed by atoms with Crippen molar-refractivity contribution < 1.29 is 4.74 Å². The van der Waals surface area contributed by atoms with Crippen molar-refractivity contribution in [3.05, 3.63) is 44.0 Å². The number of hydrogen-bond acceptors (Lipinski definition) is 7. The Bertz CT molecular complexity index is 912. The zero-order chi connectivity index (χ0) is 19.1. The Morgan fingerprint density at radius 2 is 2.18 bits per heavy atom. The molecule has 0 amide bonds. The Hall–Kier alpha value is -1.61. The van der Waals surface area contributed by atoms with Gasteiger partial charge in [0, 0.05) is 64.3 Å². The minimum atomic E-state index is -0.0828. The van der Waals surface area contributed by atoms with Crippen molar-refractivity contribution in [1.82, 2.24) is 24.3 Å². The van der Waals surface area contributed by atoms with Gasteiger partial charge in [-0.3, -0.25) is 19.2 Å². The first-order chi connectivity index (χ1) is 13.7. The average molecular weight is 402 g/mol. The molecule has 1 unspecified atom stereocenters. The van der Waals surface area contributed by atoms with Crippen molar-refractivity contribution in [2.75, 3.05) is 39.9 Å². The fourth-order valence-electron chi connectivity index (χ4n) is 5.09. The lowest BCUT2D eigenvalue weighted by Gasteiger charge is -2.31. The molecule has 5 heterocycles. The van der Waals surface area contributed by atoms with Crippen molar-refractivity contribution in [3.8, 4) is 0 Å². The van der Waals surface area contributed by atoms with Crippen molar-refractivity contribution in [1.29, 1.82) is 0 Å². The molecule has 2 aromatic rings. The third-order valence-corrected chi connectivity index (χ3v) is 7.30. The molecule has 0 bridgehead atoms. The van der Waals surface area contributed by atoms with E-state index in [2.05, 4.69) is 19.4 Å². The first-order valence-corrected chi connectivity index (χ1v) is 11.0. The van der Waals surface area contributed by atoms with Gasteiger partial charge in [-0.15, -0.1) is 11.3 Å². The summed E-state index contributed by atoms with van der Waals surface area (Å²) in [5.41, 5.74) is 2.06. The molecule has 0 saturated carbocycles. The van der Waals surface area contributed by atoms with Gasteiger partial charge in [-0.2, -0.15) is 0 Å². The summed E-state index contributed by atoms with van der Waals surface area (Å²) in [6, 6.07) is 0. The quantitative estimate of drug-likeness (QED) is 0.752. The maximum Gasteiger partial charge on any atom is 0.258 e. The minimum absolute atomic E-state index is 0.0828. The molecule has 3 aliphatic heterocycles. The molecule has 1 spiro atoms. The molecule has 1 fully saturated rings. The van der Waals surface area contributed by atoms with Gasteiger partial charge in [0.1, 0.15) is 10.8 Å². The Morgan fingerprint density at radius 3 is 3.00 bits per heavy atom. The highest BCUT2D eigenvalue weighted by Crippen LogP contribution is 2.39. The number of aryl methyl sites for hydroxylation is 1. The fraction of sp³-hybridized carbons (Fsp3) is 0.650. The van der Waals surface area contributed by atoms with Crippen LogP contribution in [0.15, 0.2) is 16.4 Å². The molecular formula is C20H27N5O2S. The van der Waals surface area contributed by atoms with Gasteiger partial charge in [-0.05, 0) is 12.8 Å². The number of methoxy groups -OCH3 is 1. The fourth-order valence-corrected chi connectivity index (χ4v) is 5.75. The van der Waals surface area contributed by atoms with E-state index in [0.29, 0.717) is 13.2 Å². The van der Waals surface area contributed by atoms with E-state index in [1.165, 1.54) is 0 Å². The highest BCUT2D eigenvalue weighted by Gasteiger charge is 2.46. The molecule has 1 saturated heterocycles. The number of aromatic nitrogens is 3. The molecule has 7 nitrogen and oxygen atoms in total. The number of ether oxygens (including phenoxy) is 1. The Kier molecular flexibility index (Phi) is 4.82. The molecule has 0 aromatic carbocycles. The summed E-state index contributed by atoms with van der Waals surface area (Å²) in [5, 5.41) is 3.18. The van der Waals surface area contributed by atoms with Crippen LogP contribution in [-0.2, 0) is 36.2 Å². The van der Waals surface area contributed by atoms with Crippen molar-refractivity contribution >= 4 is 11.3 Å². The maximum atomic E-state index is 13.5. The van der Waals surface area contributed by atoms with Gasteiger partial charge in [0.15, 0.2) is 0 Å². The SMILES string of the molecule is COCCN1CCc2nc3n(c(=O)c2C1)C1(CC3)CCN(Cc2nccs2)C1. The van der Waals surface area contributed by atoms with E-state index >= 15 is 0 Å². The summed E-state index contributed by atoms with van der Waals surface area (Å²) >= 11 is 1.71. The van der Waals surface area contributed by atoms with Crippen LogP contribution < -0.4 is 5.56 Å². The largest absolute Gasteiger partial charge is 0.383 e. The molecule has 3 aliphatic rings. The Labute approximate surface area is 169 Å². The van der Waals surface area contributed by atoms with Crippen LogP contribution in [0.1, 0.15) is 34.9 Å². The molecule has 0 aliphatic carbocycles. The van der Waals surface area contributed by atoms with Crippen molar-refractivity contribution in [2.45, 2.75) is 44.3 Å². The third kappa shape index (κ3) is 3.12. The second kappa shape index (κ2) is 7.33. The molecule has 1 atom stereocenters. The first-order valence-electron chi connectivity index (χ1n) is 10.1. The molecule has 5 rings (SSSR count). The maximum absolute atomic E-state index is 13.5. The van der Waals surface area contributed by atoms with Crippen LogP contribution in [0.3, 0.4) is 0 Å². The lowest BCUT2D eigenvalue weighted by molar-refractivity contribution is 0.139. The number of thiazole rings is 1. The molecular weight excluding hydrogens is 374 g/mol. The zero-order valence-corrected chi connectivity index (χ0v) is 17.2. The second-order valence-electron chi connectivity index (χ2n) is 8.22. The van der Waals surface area contributed by atoms with Crippen molar-refractivity contribution in [3.63, 3.8) is 0 Å². The summed E-state index contributed by atoms with van der Waals surface area (Å²) in [4.78, 5) is 27.7. The predicted molar refractivity (Wildman–Crippen MR) is 108 cm³/mol. The molecule has 2 aromatic heterocycles. The van der Waals surface area contributed by atoms with E-state index in [1.807, 2.05) is 11.6 Å². The van der Waals surface area contributed by atoms with E-state index in [-0.39, 0.29) is 11.1 Å². The second-order valence-corrected chi connectivity index (χ2v) is 9.20. The minimum Gasteiger partial charge on any atom is -0.383 e. The normalized spacial score (nSPS) is 24.8. The van der Waals surface area contributed by atoms with Gasteiger partial charge >= 0.3 is 0 Å². The average Bonchev–Trinajstić information content (AvgIpc) is 3.43. The van der Waals surface area contributed by atoms with Crippen LogP contribution in [0.2, 0.25) is 0 Å². The van der Waals surface area contributed by atoms with Crippen LogP contribution in [0.5, 0.6) is 0 Å². The Balaban J connectivity index is 1.42. The first kappa shape index (κ1) is 18.4. The van der Waals surface area contributed by atoms with Gasteiger partial charge in [0.05, 0.1) is 29.9 Å². The number of fused-ring (bicyclic) bond motifs is 3. The zero-order valence-electron chi connectivity index (χ0n) is 16.4. The lowest BCUT2D eigenvalue weighted by atomic mass is 9.95. The van der Waals surface area contributed by atoms with E-state index in [0.717, 1.165) is 80.5 Å². The van der Waals surface area contributed by atoms with Gasteiger partial charge in [0.2, 0.25) is 0 Å². The van der Waals surface area contributed by atoms with E-state index in [1.54, 1.807) is 18.4 Å². The molecule has 8 heteroatoms. The van der Waals surface area contributed by atoms with Crippen LogP contribution >= 0.6 is 11.3 Å². The standard InChI is InChI=1S/C20H27N5O2S/c1-27-10-9-23-7-3-16-15(12-23)19(26)25-17(22-16)2-4-20(25)5-8-24(14-20)13-18-21-6-11-28-18/h6,11H,2-5,7-10,12-14H2,1H3. The summed E-state index contributed by atoms with van der Waals surface area (Å²) in [5.74, 6) is 1.00. The molecule has 28 heavy (non-hydrogen) atoms. The van der Waals surface area contributed by atoms with E-state index in [9.17, 15) is 4.79 Å². The lowest BCUT2D eigenvalue weighted by Crippen LogP contribution is -2.45. The van der Waals surface area contributed by atoms with Gasteiger partial charge in [-0.1, -0.05) is 0 Å². The Morgan fingerprint density at radius 1 is 1.25 bits per heavy atom. The van der Waals surface area contributed by atoms with Crippen LogP contribution in [0.25, 0.3) is 0 Å². The van der Waals surface area contributed by atoms with Crippen LogP contribution in [0.4, 0.5) is 0 Å². The number of rotatable bonds is 5. The molecule has 0 N–H and O–H groups in total. The smallest absolute Gasteiger partial charge is 0.258 e. The van der Waals surface area contributed by atoms with Crippen LogP contribution in [-0.4, -0.2) is 64.2 Å². The van der Waals surface area contributed by atoms with E-state index < -0.39 is 0 Å². The van der Waals surface area contributed by atoms with E-state index in [4.69, 9.17) is 9.72 Å². The van der Waals surface area contributed by atoms with Gasteiger partial charge in [0.25, 0.3) is 5.56 Å². The topological polar surface area (TPSA) is 63.5 Å². The molecule has 0 radical (unpaired) electrons. The number of nitrogens with zero attached hydrogens (tertiary/aromatic N) is 5. The summed E-state index contributed by atoms with van der Waals surface area (Å²) in [6.07, 6.45) is 5.71. The van der Waals surface area contributed by atoms with Crippen molar-refractivity contribution in [2.24, 2.45) is 0 Å². The van der Waals surface area contributed by atoms with Gasteiger partial charge < -0.3 is 4.74 Å². The van der Waals surface area contributed by atoms with Crippen LogP contribution in [0, 0.1) is 0 Å². The number of likely N-dealkylation sites (tertiary alicyclic amines) is 1. The number of hydrogen-bond donors (Lipinski definition) is 0. The third-order valence-electron chi connectivity index (χ3n) is 6.53. The monoisotopic (exact) mass is 401 g/mol. The molecule has 150 valence electrons. The van der Waals surface area contributed by atoms with Gasteiger partial charge in [-0.25, -0.2) is 9.97 Å².